The Morgan fingerprint density at radius 1 is 1.18 bits per heavy atom. The van der Waals surface area contributed by atoms with Crippen LogP contribution < -0.4 is 10.2 Å². The van der Waals surface area contributed by atoms with E-state index >= 15 is 0 Å². The lowest BCUT2D eigenvalue weighted by atomic mass is 9.93. The molecule has 0 spiro atoms. The van der Waals surface area contributed by atoms with Gasteiger partial charge in [0.1, 0.15) is 0 Å². The van der Waals surface area contributed by atoms with E-state index in [1.807, 2.05) is 25.1 Å². The standard InChI is InChI=1S/C24H19BrN4O4/c1-13-7-9-15(25)12-20(13)29-21(30)16-5-3-4-6-17(16)24(29,32)14-8-10-18-19(11-14)27-22(26-18)28-23(31)33-2/h3-12,32H,1-2H3,(H2,26,27,28,31). The van der Waals surface area contributed by atoms with E-state index in [0.717, 1.165) is 10.0 Å². The molecule has 0 fully saturated rings. The van der Waals surface area contributed by atoms with Crippen molar-refractivity contribution in [2.24, 2.45) is 0 Å². The van der Waals surface area contributed by atoms with E-state index in [1.54, 1.807) is 42.5 Å². The number of benzene rings is 3. The number of carbonyl (C=O) groups excluding carboxylic acids is 2. The predicted molar refractivity (Wildman–Crippen MR) is 127 cm³/mol. The number of nitrogens with one attached hydrogen (secondary N) is 2. The summed E-state index contributed by atoms with van der Waals surface area (Å²) in [7, 11) is 1.26. The maximum absolute atomic E-state index is 13.5. The van der Waals surface area contributed by atoms with Gasteiger partial charge in [-0.05, 0) is 42.8 Å². The first-order chi connectivity index (χ1) is 15.8. The van der Waals surface area contributed by atoms with Gasteiger partial charge in [-0.15, -0.1) is 0 Å². The lowest BCUT2D eigenvalue weighted by Gasteiger charge is -2.35. The van der Waals surface area contributed by atoms with Gasteiger partial charge in [0.05, 0.1) is 23.8 Å². The molecular weight excluding hydrogens is 488 g/mol. The van der Waals surface area contributed by atoms with Gasteiger partial charge in [0.25, 0.3) is 5.91 Å². The number of methoxy groups -OCH3 is 1. The Balaban J connectivity index is 1.70. The molecule has 2 heterocycles. The molecule has 0 radical (unpaired) electrons. The fourth-order valence-corrected chi connectivity index (χ4v) is 4.54. The molecule has 1 aliphatic rings. The van der Waals surface area contributed by atoms with Crippen LogP contribution >= 0.6 is 15.9 Å². The minimum absolute atomic E-state index is 0.212. The van der Waals surface area contributed by atoms with E-state index in [4.69, 9.17) is 0 Å². The summed E-state index contributed by atoms with van der Waals surface area (Å²) in [5.41, 5.74) is 2.22. The van der Waals surface area contributed by atoms with E-state index in [1.165, 1.54) is 12.0 Å². The number of anilines is 2. The van der Waals surface area contributed by atoms with Gasteiger partial charge in [0.2, 0.25) is 5.95 Å². The van der Waals surface area contributed by atoms with Crippen LogP contribution in [-0.4, -0.2) is 34.2 Å². The van der Waals surface area contributed by atoms with Crippen molar-refractivity contribution in [1.82, 2.24) is 9.97 Å². The molecule has 3 N–H and O–H groups in total. The Kier molecular flexibility index (Phi) is 4.95. The third kappa shape index (κ3) is 3.28. The molecule has 33 heavy (non-hydrogen) atoms. The molecule has 0 bridgehead atoms. The highest BCUT2D eigenvalue weighted by atomic mass is 79.9. The number of aromatic nitrogens is 2. The third-order valence-electron chi connectivity index (χ3n) is 5.76. The molecule has 1 aliphatic heterocycles. The van der Waals surface area contributed by atoms with Gasteiger partial charge in [-0.3, -0.25) is 15.0 Å². The van der Waals surface area contributed by atoms with Crippen molar-refractivity contribution in [3.63, 3.8) is 0 Å². The van der Waals surface area contributed by atoms with E-state index < -0.39 is 11.8 Å². The van der Waals surface area contributed by atoms with Gasteiger partial charge in [-0.25, -0.2) is 9.78 Å². The highest BCUT2D eigenvalue weighted by molar-refractivity contribution is 9.10. The summed E-state index contributed by atoms with van der Waals surface area (Å²) in [5.74, 6) is -0.0874. The largest absolute Gasteiger partial charge is 0.453 e. The van der Waals surface area contributed by atoms with Crippen LogP contribution in [0, 0.1) is 6.92 Å². The zero-order valence-corrected chi connectivity index (χ0v) is 19.3. The zero-order valence-electron chi connectivity index (χ0n) is 17.7. The molecule has 9 heteroatoms. The second-order valence-corrected chi connectivity index (χ2v) is 8.64. The minimum Gasteiger partial charge on any atom is -0.453 e. The number of amides is 2. The molecule has 1 atom stereocenters. The van der Waals surface area contributed by atoms with E-state index in [0.29, 0.717) is 33.4 Å². The first-order valence-corrected chi connectivity index (χ1v) is 10.9. The molecule has 166 valence electrons. The average Bonchev–Trinajstić information content (AvgIpc) is 3.31. The Bertz CT molecular complexity index is 1430. The van der Waals surface area contributed by atoms with Gasteiger partial charge in [-0.2, -0.15) is 0 Å². The van der Waals surface area contributed by atoms with Crippen LogP contribution in [0.5, 0.6) is 0 Å². The number of aliphatic hydroxyl groups is 1. The van der Waals surface area contributed by atoms with E-state index in [-0.39, 0.29) is 11.9 Å². The lowest BCUT2D eigenvalue weighted by molar-refractivity contribution is 0.0703. The van der Waals surface area contributed by atoms with E-state index in [9.17, 15) is 14.7 Å². The molecule has 3 aromatic carbocycles. The average molecular weight is 507 g/mol. The summed E-state index contributed by atoms with van der Waals surface area (Å²) in [4.78, 5) is 33.8. The number of aromatic amines is 1. The van der Waals surface area contributed by atoms with Crippen molar-refractivity contribution >= 4 is 50.6 Å². The molecule has 0 saturated heterocycles. The van der Waals surface area contributed by atoms with Crippen LogP contribution in [0.25, 0.3) is 11.0 Å². The predicted octanol–water partition coefficient (Wildman–Crippen LogP) is 4.67. The summed E-state index contributed by atoms with van der Waals surface area (Å²) in [6.45, 7) is 1.89. The SMILES string of the molecule is COC(=O)Nc1nc2ccc(C3(O)c4ccccc4C(=O)N3c3cc(Br)ccc3C)cc2[nH]1. The second-order valence-electron chi connectivity index (χ2n) is 7.72. The summed E-state index contributed by atoms with van der Waals surface area (Å²) in [6.07, 6.45) is -0.653. The molecule has 2 amide bonds. The number of hydrogen-bond acceptors (Lipinski definition) is 5. The topological polar surface area (TPSA) is 108 Å². The van der Waals surface area contributed by atoms with Gasteiger partial charge in [-0.1, -0.05) is 46.3 Å². The number of ether oxygens (including phenoxy) is 1. The molecule has 0 saturated carbocycles. The number of nitrogens with zero attached hydrogens (tertiary/aromatic N) is 2. The third-order valence-corrected chi connectivity index (χ3v) is 6.26. The quantitative estimate of drug-likeness (QED) is 0.374. The normalized spacial score (nSPS) is 17.3. The van der Waals surface area contributed by atoms with Gasteiger partial charge >= 0.3 is 6.09 Å². The number of halogens is 1. The molecule has 0 aliphatic carbocycles. The molecule has 8 nitrogen and oxygen atoms in total. The second kappa shape index (κ2) is 7.72. The summed E-state index contributed by atoms with van der Waals surface area (Å²) < 4.78 is 5.40. The van der Waals surface area contributed by atoms with Crippen LogP contribution in [0.4, 0.5) is 16.4 Å². The first kappa shape index (κ1) is 21.2. The molecule has 4 aromatic rings. The van der Waals surface area contributed by atoms with Crippen molar-refractivity contribution < 1.29 is 19.4 Å². The van der Waals surface area contributed by atoms with Crippen molar-refractivity contribution in [3.05, 3.63) is 87.4 Å². The Morgan fingerprint density at radius 2 is 1.97 bits per heavy atom. The summed E-state index contributed by atoms with van der Waals surface area (Å²) in [6, 6.07) is 17.8. The van der Waals surface area contributed by atoms with Crippen LogP contribution in [-0.2, 0) is 10.5 Å². The molecule has 1 unspecified atom stereocenters. The Hall–Kier alpha value is -3.69. The van der Waals surface area contributed by atoms with Gasteiger partial charge in [0.15, 0.2) is 5.72 Å². The van der Waals surface area contributed by atoms with Crippen LogP contribution in [0.1, 0.15) is 27.0 Å². The van der Waals surface area contributed by atoms with Crippen LogP contribution in [0.15, 0.2) is 65.1 Å². The fraction of sp³-hybridized carbons (Fsp3) is 0.125. The Morgan fingerprint density at radius 3 is 2.76 bits per heavy atom. The summed E-state index contributed by atoms with van der Waals surface area (Å²) >= 11 is 3.48. The van der Waals surface area contributed by atoms with Gasteiger partial charge < -0.3 is 14.8 Å². The monoisotopic (exact) mass is 506 g/mol. The Labute approximate surface area is 197 Å². The van der Waals surface area contributed by atoms with Crippen molar-refractivity contribution in [3.8, 4) is 0 Å². The number of H-pyrrole nitrogens is 1. The number of aryl methyl sites for hydroxylation is 1. The van der Waals surface area contributed by atoms with Crippen molar-refractivity contribution in [2.75, 3.05) is 17.3 Å². The highest BCUT2D eigenvalue weighted by Crippen LogP contribution is 2.46. The molecular formula is C24H19BrN4O4. The van der Waals surface area contributed by atoms with Crippen molar-refractivity contribution in [2.45, 2.75) is 12.6 Å². The van der Waals surface area contributed by atoms with Crippen molar-refractivity contribution in [1.29, 1.82) is 0 Å². The minimum atomic E-state index is -1.76. The highest BCUT2D eigenvalue weighted by Gasteiger charge is 2.51. The maximum Gasteiger partial charge on any atom is 0.413 e. The van der Waals surface area contributed by atoms with E-state index in [2.05, 4.69) is 36.0 Å². The smallest absolute Gasteiger partial charge is 0.413 e. The zero-order chi connectivity index (χ0) is 23.3. The number of hydrogen-bond donors (Lipinski definition) is 3. The first-order valence-electron chi connectivity index (χ1n) is 10.1. The van der Waals surface area contributed by atoms with Crippen LogP contribution in [0.2, 0.25) is 0 Å². The van der Waals surface area contributed by atoms with Crippen LogP contribution in [0.3, 0.4) is 0 Å². The molecule has 5 rings (SSSR count). The van der Waals surface area contributed by atoms with Gasteiger partial charge in [0, 0.05) is 21.2 Å². The number of imidazole rings is 1. The number of fused-ring (bicyclic) bond motifs is 2. The molecule has 1 aromatic heterocycles. The number of rotatable bonds is 3. The lowest BCUT2D eigenvalue weighted by Crippen LogP contribution is -2.45. The summed E-state index contributed by atoms with van der Waals surface area (Å²) in [5, 5.41) is 14.7. The fourth-order valence-electron chi connectivity index (χ4n) is 4.19. The maximum atomic E-state index is 13.5. The number of carbonyl (C=O) groups is 2.